The minimum Gasteiger partial charge on any atom is -0.364 e. The van der Waals surface area contributed by atoms with Gasteiger partial charge in [0.05, 0.1) is 27.7 Å². The standard InChI is InChI=1S/C22H17ClF2N4O3S2/c23-20-5-6-21(33-20)34(31,32)27-22(30)16-12-26-29-9-7-14(11-19(16)29)28-8-1-2-18(28)15-10-13(24)3-4-17(15)25/h3-7,9-12,18H,1-2,8H2,(H,27,30). The first-order valence-corrected chi connectivity index (χ1v) is 12.9. The molecule has 1 aliphatic heterocycles. The number of aromatic nitrogens is 2. The summed E-state index contributed by atoms with van der Waals surface area (Å²) in [4.78, 5) is 14.8. The van der Waals surface area contributed by atoms with Crippen LogP contribution in [0.3, 0.4) is 0 Å². The number of halogens is 3. The summed E-state index contributed by atoms with van der Waals surface area (Å²) in [5, 5.41) is 4.13. The number of anilines is 1. The Kier molecular flexibility index (Phi) is 5.78. The molecule has 0 bridgehead atoms. The number of hydrogen-bond donors (Lipinski definition) is 1. The molecule has 1 saturated heterocycles. The van der Waals surface area contributed by atoms with Gasteiger partial charge in [-0.05, 0) is 55.3 Å². The lowest BCUT2D eigenvalue weighted by Gasteiger charge is -2.27. The van der Waals surface area contributed by atoms with E-state index >= 15 is 0 Å². The molecule has 5 rings (SSSR count). The molecule has 0 saturated carbocycles. The van der Waals surface area contributed by atoms with Crippen molar-refractivity contribution in [1.82, 2.24) is 14.3 Å². The van der Waals surface area contributed by atoms with E-state index in [1.165, 1.54) is 28.9 Å². The number of hydrogen-bond acceptors (Lipinski definition) is 6. The number of nitrogens with one attached hydrogen (secondary N) is 1. The van der Waals surface area contributed by atoms with Crippen molar-refractivity contribution >= 4 is 50.1 Å². The van der Waals surface area contributed by atoms with Crippen LogP contribution in [0.4, 0.5) is 14.5 Å². The average Bonchev–Trinajstić information content (AvgIpc) is 3.53. The highest BCUT2D eigenvalue weighted by atomic mass is 35.5. The Morgan fingerprint density at radius 2 is 2.00 bits per heavy atom. The van der Waals surface area contributed by atoms with Crippen LogP contribution in [0.15, 0.2) is 59.1 Å². The van der Waals surface area contributed by atoms with Crippen LogP contribution in [0.1, 0.15) is 34.8 Å². The fourth-order valence-corrected chi connectivity index (χ4v) is 6.61. The van der Waals surface area contributed by atoms with E-state index in [-0.39, 0.29) is 25.7 Å². The van der Waals surface area contributed by atoms with E-state index in [1.54, 1.807) is 18.3 Å². The van der Waals surface area contributed by atoms with Gasteiger partial charge in [0, 0.05) is 24.0 Å². The molecule has 176 valence electrons. The molecule has 1 aliphatic rings. The predicted octanol–water partition coefficient (Wildman–Crippen LogP) is 4.79. The number of amides is 1. The number of carbonyl (C=O) groups is 1. The van der Waals surface area contributed by atoms with Gasteiger partial charge in [0.25, 0.3) is 15.9 Å². The van der Waals surface area contributed by atoms with E-state index in [1.807, 2.05) is 9.62 Å². The smallest absolute Gasteiger partial charge is 0.273 e. The van der Waals surface area contributed by atoms with Crippen molar-refractivity contribution in [3.8, 4) is 0 Å². The first-order valence-electron chi connectivity index (χ1n) is 10.2. The average molecular weight is 523 g/mol. The first-order chi connectivity index (χ1) is 16.2. The van der Waals surface area contributed by atoms with Gasteiger partial charge in [-0.15, -0.1) is 11.3 Å². The van der Waals surface area contributed by atoms with Crippen molar-refractivity contribution in [3.05, 3.63) is 82.0 Å². The Morgan fingerprint density at radius 3 is 2.76 bits per heavy atom. The normalized spacial score (nSPS) is 16.3. The molecule has 1 amide bonds. The highest BCUT2D eigenvalue weighted by Gasteiger charge is 2.30. The second kappa shape index (κ2) is 8.64. The molecule has 4 aromatic rings. The summed E-state index contributed by atoms with van der Waals surface area (Å²) < 4.78 is 57.0. The van der Waals surface area contributed by atoms with Crippen LogP contribution in [0.5, 0.6) is 0 Å². The highest BCUT2D eigenvalue weighted by Crippen LogP contribution is 2.38. The van der Waals surface area contributed by atoms with E-state index in [4.69, 9.17) is 11.6 Å². The first kappa shape index (κ1) is 22.8. The number of thiophene rings is 1. The number of nitrogens with zero attached hydrogens (tertiary/aromatic N) is 3. The third-order valence-corrected chi connectivity index (χ3v) is 8.75. The fraction of sp³-hybridized carbons (Fsp3) is 0.182. The Bertz CT molecular complexity index is 1520. The summed E-state index contributed by atoms with van der Waals surface area (Å²) in [6.45, 7) is 0.611. The van der Waals surface area contributed by atoms with Gasteiger partial charge in [0.2, 0.25) is 0 Å². The highest BCUT2D eigenvalue weighted by molar-refractivity contribution is 7.92. The van der Waals surface area contributed by atoms with E-state index in [9.17, 15) is 22.0 Å². The van der Waals surface area contributed by atoms with Gasteiger partial charge < -0.3 is 4.90 Å². The maximum atomic E-state index is 14.5. The number of rotatable bonds is 5. The third-order valence-electron chi connectivity index (χ3n) is 5.69. The van der Waals surface area contributed by atoms with Gasteiger partial charge in [-0.3, -0.25) is 4.79 Å². The summed E-state index contributed by atoms with van der Waals surface area (Å²) in [6.07, 6.45) is 4.32. The molecule has 1 fully saturated rings. The molecule has 0 radical (unpaired) electrons. The maximum Gasteiger partial charge on any atom is 0.273 e. The van der Waals surface area contributed by atoms with Gasteiger partial charge >= 0.3 is 0 Å². The van der Waals surface area contributed by atoms with Crippen LogP contribution >= 0.6 is 22.9 Å². The van der Waals surface area contributed by atoms with Gasteiger partial charge in [-0.25, -0.2) is 26.4 Å². The number of sulfonamides is 1. The minimum absolute atomic E-state index is 0.0563. The molecular formula is C22H17ClF2N4O3S2. The number of benzene rings is 1. The Hall–Kier alpha value is -3.02. The van der Waals surface area contributed by atoms with Crippen molar-refractivity contribution in [2.45, 2.75) is 23.1 Å². The van der Waals surface area contributed by atoms with Crippen LogP contribution in [0, 0.1) is 11.6 Å². The lowest BCUT2D eigenvalue weighted by Crippen LogP contribution is -2.30. The molecule has 1 atom stereocenters. The lowest BCUT2D eigenvalue weighted by molar-refractivity contribution is 0.0983. The Labute approximate surface area is 202 Å². The molecule has 0 aliphatic carbocycles. The van der Waals surface area contributed by atoms with E-state index in [0.29, 0.717) is 24.2 Å². The van der Waals surface area contributed by atoms with Gasteiger partial charge in [0.15, 0.2) is 0 Å². The zero-order valence-corrected chi connectivity index (χ0v) is 19.8. The number of carbonyl (C=O) groups excluding carboxylic acids is 1. The summed E-state index contributed by atoms with van der Waals surface area (Å²) >= 11 is 6.65. The largest absolute Gasteiger partial charge is 0.364 e. The Balaban J connectivity index is 1.47. The number of pyridine rings is 1. The van der Waals surface area contributed by atoms with Gasteiger partial charge in [0.1, 0.15) is 15.8 Å². The predicted molar refractivity (Wildman–Crippen MR) is 125 cm³/mol. The molecule has 7 nitrogen and oxygen atoms in total. The molecule has 4 heterocycles. The summed E-state index contributed by atoms with van der Waals surface area (Å²) in [5.74, 6) is -1.84. The molecule has 1 N–H and O–H groups in total. The zero-order chi connectivity index (χ0) is 24.0. The zero-order valence-electron chi connectivity index (χ0n) is 17.4. The second-order valence-corrected chi connectivity index (χ2v) is 11.4. The van der Waals surface area contributed by atoms with Crippen molar-refractivity contribution in [2.75, 3.05) is 11.4 Å². The second-order valence-electron chi connectivity index (χ2n) is 7.78. The van der Waals surface area contributed by atoms with Crippen LogP contribution in [0.2, 0.25) is 4.34 Å². The van der Waals surface area contributed by atoms with Gasteiger partial charge in [-0.1, -0.05) is 11.6 Å². The molecule has 0 spiro atoms. The fourth-order valence-electron chi connectivity index (χ4n) is 4.16. The quantitative estimate of drug-likeness (QED) is 0.407. The van der Waals surface area contributed by atoms with E-state index in [0.717, 1.165) is 29.9 Å². The Morgan fingerprint density at radius 1 is 1.18 bits per heavy atom. The molecule has 1 aromatic carbocycles. The van der Waals surface area contributed by atoms with E-state index in [2.05, 4.69) is 5.10 Å². The molecule has 34 heavy (non-hydrogen) atoms. The molecular weight excluding hydrogens is 506 g/mol. The van der Waals surface area contributed by atoms with Crippen molar-refractivity contribution in [1.29, 1.82) is 0 Å². The SMILES string of the molecule is O=C(NS(=O)(=O)c1ccc(Cl)s1)c1cnn2ccc(N3CCCC3c3cc(F)ccc3F)cc12. The number of fused-ring (bicyclic) bond motifs is 1. The van der Waals surface area contributed by atoms with E-state index < -0.39 is 27.6 Å². The monoisotopic (exact) mass is 522 g/mol. The maximum absolute atomic E-state index is 14.5. The summed E-state index contributed by atoms with van der Waals surface area (Å²) in [6, 6.07) is 9.23. The molecule has 12 heteroatoms. The van der Waals surface area contributed by atoms with Crippen molar-refractivity contribution in [2.24, 2.45) is 0 Å². The minimum atomic E-state index is -4.10. The topological polar surface area (TPSA) is 83.8 Å². The molecule has 1 unspecified atom stereocenters. The van der Waals surface area contributed by atoms with Crippen molar-refractivity contribution < 1.29 is 22.0 Å². The van der Waals surface area contributed by atoms with Crippen LogP contribution < -0.4 is 9.62 Å². The summed E-state index contributed by atoms with van der Waals surface area (Å²) in [5.41, 5.74) is 1.38. The third kappa shape index (κ3) is 4.15. The van der Waals surface area contributed by atoms with Crippen LogP contribution in [0.25, 0.3) is 5.52 Å². The summed E-state index contributed by atoms with van der Waals surface area (Å²) in [7, 11) is -4.10. The lowest BCUT2D eigenvalue weighted by atomic mass is 10.0. The molecule has 3 aromatic heterocycles. The van der Waals surface area contributed by atoms with Crippen LogP contribution in [-0.2, 0) is 10.0 Å². The van der Waals surface area contributed by atoms with Gasteiger partial charge in [-0.2, -0.15) is 5.10 Å². The van der Waals surface area contributed by atoms with Crippen molar-refractivity contribution in [3.63, 3.8) is 0 Å². The van der Waals surface area contributed by atoms with Crippen LogP contribution in [-0.4, -0.2) is 30.5 Å².